The van der Waals surface area contributed by atoms with Crippen molar-refractivity contribution in [3.05, 3.63) is 29.3 Å². The number of alkyl carbamates (subject to hydrolysis) is 1. The molecule has 2 rings (SSSR count). The number of imidazole rings is 1. The number of esters is 1. The minimum Gasteiger partial charge on any atom is -0.461 e. The summed E-state index contributed by atoms with van der Waals surface area (Å²) < 4.78 is 11.9. The standard InChI is InChI=1S/C17H24N4O4/c1-6-12-13(14(22)24-7-2)21-10-11(8-18-15(21)20-12)9-19-16(23)25-17(3,4)5/h8,10H,6-7,9H2,1-5H3,(H,19,23). The average Bonchev–Trinajstić information content (AvgIpc) is 2.89. The lowest BCUT2D eigenvalue weighted by atomic mass is 10.2. The highest BCUT2D eigenvalue weighted by Gasteiger charge is 2.20. The van der Waals surface area contributed by atoms with Gasteiger partial charge in [0.1, 0.15) is 5.60 Å². The first-order valence-corrected chi connectivity index (χ1v) is 8.25. The molecule has 136 valence electrons. The van der Waals surface area contributed by atoms with Crippen LogP contribution in [0, 0.1) is 0 Å². The van der Waals surface area contributed by atoms with Crippen LogP contribution in [-0.4, -0.2) is 38.6 Å². The summed E-state index contributed by atoms with van der Waals surface area (Å²) in [6, 6.07) is 0. The van der Waals surface area contributed by atoms with Gasteiger partial charge in [0.2, 0.25) is 5.78 Å². The number of amides is 1. The van der Waals surface area contributed by atoms with E-state index >= 15 is 0 Å². The Bertz CT molecular complexity index is 777. The van der Waals surface area contributed by atoms with Crippen molar-refractivity contribution in [3.8, 4) is 0 Å². The minimum absolute atomic E-state index is 0.222. The fourth-order valence-corrected chi connectivity index (χ4v) is 2.26. The number of hydrogen-bond acceptors (Lipinski definition) is 6. The molecule has 8 heteroatoms. The first-order chi connectivity index (χ1) is 11.7. The van der Waals surface area contributed by atoms with Crippen molar-refractivity contribution in [2.45, 2.75) is 53.2 Å². The fraction of sp³-hybridized carbons (Fsp3) is 0.529. The number of aryl methyl sites for hydroxylation is 1. The van der Waals surface area contributed by atoms with Gasteiger partial charge in [-0.1, -0.05) is 6.92 Å². The van der Waals surface area contributed by atoms with Gasteiger partial charge in [-0.15, -0.1) is 0 Å². The zero-order chi connectivity index (χ0) is 18.6. The lowest BCUT2D eigenvalue weighted by Crippen LogP contribution is -2.32. The first-order valence-electron chi connectivity index (χ1n) is 8.25. The van der Waals surface area contributed by atoms with Crippen molar-refractivity contribution in [1.29, 1.82) is 0 Å². The molecule has 1 N–H and O–H groups in total. The van der Waals surface area contributed by atoms with E-state index in [1.807, 2.05) is 6.92 Å². The molecule has 0 aromatic carbocycles. The van der Waals surface area contributed by atoms with Gasteiger partial charge >= 0.3 is 12.1 Å². The Balaban J connectivity index is 2.24. The maximum atomic E-state index is 12.2. The highest BCUT2D eigenvalue weighted by Crippen LogP contribution is 2.15. The fourth-order valence-electron chi connectivity index (χ4n) is 2.26. The van der Waals surface area contributed by atoms with Crippen LogP contribution in [-0.2, 0) is 22.4 Å². The van der Waals surface area contributed by atoms with E-state index in [0.717, 1.165) is 0 Å². The number of fused-ring (bicyclic) bond motifs is 1. The van der Waals surface area contributed by atoms with Crippen molar-refractivity contribution in [3.63, 3.8) is 0 Å². The Morgan fingerprint density at radius 2 is 2.00 bits per heavy atom. The van der Waals surface area contributed by atoms with E-state index in [2.05, 4.69) is 15.3 Å². The summed E-state index contributed by atoms with van der Waals surface area (Å²) in [6.45, 7) is 9.55. The number of carbonyl (C=O) groups excluding carboxylic acids is 2. The van der Waals surface area contributed by atoms with Gasteiger partial charge in [-0.2, -0.15) is 0 Å². The SMILES string of the molecule is CCOC(=O)c1c(CC)nc2ncc(CNC(=O)OC(C)(C)C)cn12. The number of ether oxygens (including phenoxy) is 2. The van der Waals surface area contributed by atoms with E-state index in [-0.39, 0.29) is 13.2 Å². The molecule has 25 heavy (non-hydrogen) atoms. The van der Waals surface area contributed by atoms with E-state index in [1.165, 1.54) is 0 Å². The molecule has 2 heterocycles. The molecule has 0 bridgehead atoms. The number of rotatable bonds is 5. The minimum atomic E-state index is -0.566. The Kier molecular flexibility index (Phi) is 5.61. The summed E-state index contributed by atoms with van der Waals surface area (Å²) in [6.07, 6.45) is 3.40. The highest BCUT2D eigenvalue weighted by atomic mass is 16.6. The molecule has 0 radical (unpaired) electrons. The molecule has 0 aliphatic carbocycles. The van der Waals surface area contributed by atoms with Gasteiger partial charge in [-0.05, 0) is 34.1 Å². The van der Waals surface area contributed by atoms with Crippen molar-refractivity contribution < 1.29 is 19.1 Å². The van der Waals surface area contributed by atoms with Gasteiger partial charge in [-0.25, -0.2) is 19.6 Å². The Labute approximate surface area is 146 Å². The monoisotopic (exact) mass is 348 g/mol. The van der Waals surface area contributed by atoms with Gasteiger partial charge in [-0.3, -0.25) is 4.40 Å². The van der Waals surface area contributed by atoms with Gasteiger partial charge < -0.3 is 14.8 Å². The van der Waals surface area contributed by atoms with Crippen LogP contribution in [0.2, 0.25) is 0 Å². The quantitative estimate of drug-likeness (QED) is 0.834. The Hall–Kier alpha value is -2.64. The number of nitrogens with one attached hydrogen (secondary N) is 1. The molecule has 0 unspecified atom stereocenters. The van der Waals surface area contributed by atoms with E-state index in [1.54, 1.807) is 44.5 Å². The smallest absolute Gasteiger partial charge is 0.407 e. The van der Waals surface area contributed by atoms with Crippen LogP contribution in [0.5, 0.6) is 0 Å². The third kappa shape index (κ3) is 4.68. The molecular formula is C17H24N4O4. The van der Waals surface area contributed by atoms with Crippen LogP contribution in [0.3, 0.4) is 0 Å². The zero-order valence-electron chi connectivity index (χ0n) is 15.3. The Morgan fingerprint density at radius 1 is 1.28 bits per heavy atom. The first kappa shape index (κ1) is 18.7. The van der Waals surface area contributed by atoms with Crippen LogP contribution >= 0.6 is 0 Å². The molecule has 0 aliphatic rings. The van der Waals surface area contributed by atoms with Gasteiger partial charge in [0.05, 0.1) is 12.3 Å². The predicted octanol–water partition coefficient (Wildman–Crippen LogP) is 2.49. The summed E-state index contributed by atoms with van der Waals surface area (Å²) in [5.74, 6) is -0.0215. The summed E-state index contributed by atoms with van der Waals surface area (Å²) in [4.78, 5) is 32.6. The van der Waals surface area contributed by atoms with Crippen LogP contribution in [0.4, 0.5) is 4.79 Å². The molecule has 0 saturated carbocycles. The zero-order valence-corrected chi connectivity index (χ0v) is 15.3. The van der Waals surface area contributed by atoms with Crippen molar-refractivity contribution >= 4 is 17.8 Å². The van der Waals surface area contributed by atoms with E-state index < -0.39 is 17.7 Å². The second-order valence-electron chi connectivity index (χ2n) is 6.47. The summed E-state index contributed by atoms with van der Waals surface area (Å²) in [5.41, 5.74) is 1.14. The molecule has 0 atom stereocenters. The molecule has 0 saturated heterocycles. The van der Waals surface area contributed by atoms with Crippen molar-refractivity contribution in [2.75, 3.05) is 6.61 Å². The Morgan fingerprint density at radius 3 is 2.60 bits per heavy atom. The van der Waals surface area contributed by atoms with Crippen LogP contribution in [0.15, 0.2) is 12.4 Å². The summed E-state index contributed by atoms with van der Waals surface area (Å²) >= 11 is 0. The third-order valence-electron chi connectivity index (χ3n) is 3.24. The number of aromatic nitrogens is 3. The molecule has 2 aromatic rings. The van der Waals surface area contributed by atoms with Crippen molar-refractivity contribution in [2.24, 2.45) is 0 Å². The molecule has 1 amide bonds. The average molecular weight is 348 g/mol. The van der Waals surface area contributed by atoms with Gasteiger partial charge in [0, 0.05) is 24.5 Å². The lowest BCUT2D eigenvalue weighted by Gasteiger charge is -2.19. The maximum Gasteiger partial charge on any atom is 0.407 e. The molecule has 8 nitrogen and oxygen atoms in total. The molecular weight excluding hydrogens is 324 g/mol. The normalized spacial score (nSPS) is 11.4. The molecule has 0 fully saturated rings. The molecule has 0 aliphatic heterocycles. The largest absolute Gasteiger partial charge is 0.461 e. The van der Waals surface area contributed by atoms with Crippen LogP contribution in [0.1, 0.15) is 56.4 Å². The van der Waals surface area contributed by atoms with E-state index in [9.17, 15) is 9.59 Å². The number of nitrogens with zero attached hydrogens (tertiary/aromatic N) is 3. The van der Waals surface area contributed by atoms with Crippen LogP contribution < -0.4 is 5.32 Å². The number of hydrogen-bond donors (Lipinski definition) is 1. The maximum absolute atomic E-state index is 12.2. The second-order valence-corrected chi connectivity index (χ2v) is 6.47. The van der Waals surface area contributed by atoms with E-state index in [0.29, 0.717) is 29.1 Å². The number of carbonyl (C=O) groups is 2. The predicted molar refractivity (Wildman–Crippen MR) is 91.4 cm³/mol. The lowest BCUT2D eigenvalue weighted by molar-refractivity contribution is 0.0507. The van der Waals surface area contributed by atoms with Crippen molar-refractivity contribution in [1.82, 2.24) is 19.7 Å². The van der Waals surface area contributed by atoms with Gasteiger partial charge in [0.15, 0.2) is 5.69 Å². The topological polar surface area (TPSA) is 94.8 Å². The van der Waals surface area contributed by atoms with Gasteiger partial charge in [0.25, 0.3) is 0 Å². The summed E-state index contributed by atoms with van der Waals surface area (Å²) in [7, 11) is 0. The highest BCUT2D eigenvalue weighted by molar-refractivity contribution is 5.89. The van der Waals surface area contributed by atoms with Crippen LogP contribution in [0.25, 0.3) is 5.78 Å². The molecule has 0 spiro atoms. The molecule has 2 aromatic heterocycles. The summed E-state index contributed by atoms with van der Waals surface area (Å²) in [5, 5.41) is 2.66. The third-order valence-corrected chi connectivity index (χ3v) is 3.24. The second kappa shape index (κ2) is 7.50. The van der Waals surface area contributed by atoms with E-state index in [4.69, 9.17) is 9.47 Å².